The lowest BCUT2D eigenvalue weighted by Gasteiger charge is -2.17. The second-order valence-corrected chi connectivity index (χ2v) is 4.34. The zero-order valence-corrected chi connectivity index (χ0v) is 9.53. The Morgan fingerprint density at radius 2 is 2.07 bits per heavy atom. The van der Waals surface area contributed by atoms with Gasteiger partial charge in [-0.2, -0.15) is 0 Å². The van der Waals surface area contributed by atoms with Gasteiger partial charge < -0.3 is 5.11 Å². The lowest BCUT2D eigenvalue weighted by atomic mass is 9.86. The van der Waals surface area contributed by atoms with Crippen LogP contribution in [0.1, 0.15) is 26.3 Å². The van der Waals surface area contributed by atoms with Crippen LogP contribution in [-0.4, -0.2) is 10.9 Å². The zero-order chi connectivity index (χ0) is 11.4. The molecule has 1 unspecified atom stereocenters. The molecule has 15 heavy (non-hydrogen) atoms. The topological polar surface area (TPSA) is 37.3 Å². The van der Waals surface area contributed by atoms with E-state index in [0.29, 0.717) is 12.3 Å². The van der Waals surface area contributed by atoms with Crippen LogP contribution in [0.4, 0.5) is 0 Å². The van der Waals surface area contributed by atoms with Crippen LogP contribution in [0.5, 0.6) is 5.75 Å². The van der Waals surface area contributed by atoms with Crippen molar-refractivity contribution < 1.29 is 9.90 Å². The van der Waals surface area contributed by atoms with Crippen LogP contribution >= 0.6 is 0 Å². The van der Waals surface area contributed by atoms with Crippen molar-refractivity contribution in [2.24, 2.45) is 11.8 Å². The number of phenolic OH excluding ortho intramolecular Hbond substituents is 1. The van der Waals surface area contributed by atoms with Gasteiger partial charge in [0.2, 0.25) is 0 Å². The van der Waals surface area contributed by atoms with E-state index < -0.39 is 0 Å². The van der Waals surface area contributed by atoms with Crippen LogP contribution in [0.15, 0.2) is 24.3 Å². The van der Waals surface area contributed by atoms with E-state index >= 15 is 0 Å². The largest absolute Gasteiger partial charge is 0.508 e. The van der Waals surface area contributed by atoms with E-state index in [1.54, 1.807) is 19.1 Å². The van der Waals surface area contributed by atoms with Gasteiger partial charge in [0.15, 0.2) is 0 Å². The maximum Gasteiger partial charge on any atom is 0.133 e. The molecule has 0 bridgehead atoms. The molecule has 1 atom stereocenters. The number of rotatable bonds is 4. The van der Waals surface area contributed by atoms with Crippen LogP contribution in [0.2, 0.25) is 0 Å². The van der Waals surface area contributed by atoms with Gasteiger partial charge in [0.25, 0.3) is 0 Å². The molecule has 82 valence electrons. The molecule has 1 aromatic rings. The van der Waals surface area contributed by atoms with Gasteiger partial charge in [-0.1, -0.05) is 26.0 Å². The normalized spacial score (nSPS) is 12.8. The summed E-state index contributed by atoms with van der Waals surface area (Å²) in [5.74, 6) is 0.864. The molecule has 2 nitrogen and oxygen atoms in total. The molecule has 0 aliphatic carbocycles. The second-order valence-electron chi connectivity index (χ2n) is 4.34. The van der Waals surface area contributed by atoms with Gasteiger partial charge >= 0.3 is 0 Å². The van der Waals surface area contributed by atoms with Crippen LogP contribution < -0.4 is 0 Å². The molecule has 1 aromatic carbocycles. The predicted octanol–water partition coefficient (Wildman–Crippen LogP) is 2.80. The number of hydrogen-bond acceptors (Lipinski definition) is 2. The highest BCUT2D eigenvalue weighted by atomic mass is 16.3. The number of aromatic hydroxyl groups is 1. The second kappa shape index (κ2) is 4.96. The van der Waals surface area contributed by atoms with E-state index in [9.17, 15) is 9.90 Å². The standard InChI is InChI=1S/C13H18O2/c1-9(2)13(10(3)14)8-11-5-4-6-12(15)7-11/h4-7,9,13,15H,8H2,1-3H3. The Balaban J connectivity index is 2.79. The quantitative estimate of drug-likeness (QED) is 0.822. The van der Waals surface area contributed by atoms with E-state index in [2.05, 4.69) is 13.8 Å². The van der Waals surface area contributed by atoms with Crippen LogP contribution in [0.3, 0.4) is 0 Å². The monoisotopic (exact) mass is 206 g/mol. The van der Waals surface area contributed by atoms with Crippen LogP contribution in [-0.2, 0) is 11.2 Å². The van der Waals surface area contributed by atoms with Gasteiger partial charge in [0.1, 0.15) is 11.5 Å². The molecular weight excluding hydrogens is 188 g/mol. The number of hydrogen-bond donors (Lipinski definition) is 1. The molecule has 0 radical (unpaired) electrons. The molecule has 0 heterocycles. The van der Waals surface area contributed by atoms with Gasteiger partial charge in [-0.25, -0.2) is 0 Å². The molecule has 0 spiro atoms. The van der Waals surface area contributed by atoms with Crippen molar-refractivity contribution in [2.45, 2.75) is 27.2 Å². The fourth-order valence-electron chi connectivity index (χ4n) is 1.79. The summed E-state index contributed by atoms with van der Waals surface area (Å²) in [6.07, 6.45) is 0.710. The van der Waals surface area contributed by atoms with Gasteiger partial charge in [-0.15, -0.1) is 0 Å². The third-order valence-corrected chi connectivity index (χ3v) is 2.69. The maximum absolute atomic E-state index is 11.4. The molecule has 2 heteroatoms. The highest BCUT2D eigenvalue weighted by Gasteiger charge is 2.18. The van der Waals surface area contributed by atoms with E-state index in [4.69, 9.17) is 0 Å². The summed E-state index contributed by atoms with van der Waals surface area (Å²) in [5.41, 5.74) is 1.02. The Kier molecular flexibility index (Phi) is 3.89. The van der Waals surface area contributed by atoms with Crippen LogP contribution in [0, 0.1) is 11.8 Å². The average Bonchev–Trinajstić information content (AvgIpc) is 2.13. The molecule has 0 saturated heterocycles. The minimum Gasteiger partial charge on any atom is -0.508 e. The highest BCUT2D eigenvalue weighted by Crippen LogP contribution is 2.20. The molecule has 0 aromatic heterocycles. The molecular formula is C13H18O2. The minimum absolute atomic E-state index is 0.0480. The van der Waals surface area contributed by atoms with Crippen molar-refractivity contribution in [3.05, 3.63) is 29.8 Å². The maximum atomic E-state index is 11.4. The number of carbonyl (C=O) groups excluding carboxylic acids is 1. The number of benzene rings is 1. The summed E-state index contributed by atoms with van der Waals surface area (Å²) < 4.78 is 0. The molecule has 0 amide bonds. The van der Waals surface area contributed by atoms with Crippen molar-refractivity contribution in [3.63, 3.8) is 0 Å². The first-order chi connectivity index (χ1) is 7.00. The van der Waals surface area contributed by atoms with E-state index in [1.165, 1.54) is 0 Å². The third-order valence-electron chi connectivity index (χ3n) is 2.69. The summed E-state index contributed by atoms with van der Waals surface area (Å²) in [5, 5.41) is 9.32. The molecule has 0 aliphatic rings. The number of carbonyl (C=O) groups is 1. The fourth-order valence-corrected chi connectivity index (χ4v) is 1.79. The lowest BCUT2D eigenvalue weighted by Crippen LogP contribution is -2.20. The summed E-state index contributed by atoms with van der Waals surface area (Å²) in [4.78, 5) is 11.4. The van der Waals surface area contributed by atoms with Crippen LogP contribution in [0.25, 0.3) is 0 Å². The zero-order valence-electron chi connectivity index (χ0n) is 9.53. The summed E-state index contributed by atoms with van der Waals surface area (Å²) in [6.45, 7) is 5.73. The number of phenols is 1. The predicted molar refractivity (Wildman–Crippen MR) is 60.8 cm³/mol. The minimum atomic E-state index is 0.0480. The molecule has 1 rings (SSSR count). The average molecular weight is 206 g/mol. The first-order valence-electron chi connectivity index (χ1n) is 5.29. The SMILES string of the molecule is CC(=O)C(Cc1cccc(O)c1)C(C)C. The Morgan fingerprint density at radius 1 is 1.40 bits per heavy atom. The first-order valence-corrected chi connectivity index (χ1v) is 5.29. The Labute approximate surface area is 90.9 Å². The third kappa shape index (κ3) is 3.39. The molecule has 1 N–H and O–H groups in total. The van der Waals surface area contributed by atoms with E-state index in [1.807, 2.05) is 12.1 Å². The van der Waals surface area contributed by atoms with Crippen molar-refractivity contribution >= 4 is 5.78 Å². The number of ketones is 1. The summed E-state index contributed by atoms with van der Waals surface area (Å²) in [7, 11) is 0. The van der Waals surface area contributed by atoms with Gasteiger partial charge in [0, 0.05) is 5.92 Å². The number of Topliss-reactive ketones (excluding diaryl/α,β-unsaturated/α-hetero) is 1. The first kappa shape index (κ1) is 11.8. The Hall–Kier alpha value is -1.31. The highest BCUT2D eigenvalue weighted by molar-refractivity contribution is 5.78. The Bertz CT molecular complexity index is 342. The summed E-state index contributed by atoms with van der Waals surface area (Å²) >= 11 is 0. The molecule has 0 saturated carbocycles. The lowest BCUT2D eigenvalue weighted by molar-refractivity contribution is -0.121. The molecule has 0 aliphatic heterocycles. The van der Waals surface area contributed by atoms with Crippen molar-refractivity contribution in [2.75, 3.05) is 0 Å². The Morgan fingerprint density at radius 3 is 2.53 bits per heavy atom. The van der Waals surface area contributed by atoms with Gasteiger partial charge in [-0.3, -0.25) is 4.79 Å². The smallest absolute Gasteiger partial charge is 0.133 e. The van der Waals surface area contributed by atoms with E-state index in [-0.39, 0.29) is 17.5 Å². The summed E-state index contributed by atoms with van der Waals surface area (Å²) in [6, 6.07) is 7.11. The van der Waals surface area contributed by atoms with Crippen molar-refractivity contribution in [1.82, 2.24) is 0 Å². The van der Waals surface area contributed by atoms with Crippen molar-refractivity contribution in [3.8, 4) is 5.75 Å². The van der Waals surface area contributed by atoms with E-state index in [0.717, 1.165) is 5.56 Å². The fraction of sp³-hybridized carbons (Fsp3) is 0.462. The van der Waals surface area contributed by atoms with Gasteiger partial charge in [-0.05, 0) is 37.0 Å². The van der Waals surface area contributed by atoms with Gasteiger partial charge in [0.05, 0.1) is 0 Å². The molecule has 0 fully saturated rings. The van der Waals surface area contributed by atoms with Crippen molar-refractivity contribution in [1.29, 1.82) is 0 Å².